The zero-order chi connectivity index (χ0) is 25.6. The van der Waals surface area contributed by atoms with Crippen molar-refractivity contribution in [1.82, 2.24) is 10.2 Å². The Morgan fingerprint density at radius 1 is 1.11 bits per heavy atom. The third-order valence-corrected chi connectivity index (χ3v) is 7.44. The fourth-order valence-electron chi connectivity index (χ4n) is 3.67. The smallest absolute Gasteiger partial charge is 0.244 e. The molecule has 1 aliphatic rings. The molecule has 0 aliphatic carbocycles. The Kier molecular flexibility index (Phi) is 8.44. The number of benzene rings is 2. The summed E-state index contributed by atoms with van der Waals surface area (Å²) in [5.74, 6) is 0.406. The third-order valence-electron chi connectivity index (χ3n) is 5.69. The Bertz CT molecular complexity index is 1170. The Hall–Kier alpha value is -3.47. The maximum absolute atomic E-state index is 13.6. The van der Waals surface area contributed by atoms with Crippen LogP contribution in [-0.2, 0) is 26.2 Å². The van der Waals surface area contributed by atoms with Crippen LogP contribution in [0, 0.1) is 0 Å². The molecule has 0 spiro atoms. The number of ether oxygens (including phenoxy) is 3. The number of carbonyl (C=O) groups is 2. The molecule has 1 atom stereocenters. The standard InChI is InChI=1S/C24H31N3O7S/c1-5-35(30,31)27(19-9-10-21-22(14-19)34-12-11-33-21)16-23(28)26(17(2)24(29)25-3)15-18-7-6-8-20(13-18)32-4/h6-10,13-14,17H,5,11-12,15-16H2,1-4H3,(H,25,29)/t17-/m1/s1. The number of anilines is 1. The first-order valence-corrected chi connectivity index (χ1v) is 12.8. The van der Waals surface area contributed by atoms with E-state index in [0.29, 0.717) is 30.5 Å². The van der Waals surface area contributed by atoms with Gasteiger partial charge in [0, 0.05) is 19.7 Å². The van der Waals surface area contributed by atoms with Gasteiger partial charge in [0.1, 0.15) is 31.5 Å². The number of nitrogens with zero attached hydrogens (tertiary/aromatic N) is 2. The van der Waals surface area contributed by atoms with E-state index in [1.54, 1.807) is 49.4 Å². The topological polar surface area (TPSA) is 114 Å². The summed E-state index contributed by atoms with van der Waals surface area (Å²) in [5.41, 5.74) is 1.01. The first kappa shape index (κ1) is 26.1. The molecule has 3 rings (SSSR count). The summed E-state index contributed by atoms with van der Waals surface area (Å²) >= 11 is 0. The first-order chi connectivity index (χ1) is 16.7. The molecule has 2 aromatic rings. The van der Waals surface area contributed by atoms with Gasteiger partial charge in [0.15, 0.2) is 11.5 Å². The van der Waals surface area contributed by atoms with E-state index < -0.39 is 28.5 Å². The molecule has 10 nitrogen and oxygen atoms in total. The molecule has 1 N–H and O–H groups in total. The number of hydrogen-bond acceptors (Lipinski definition) is 7. The van der Waals surface area contributed by atoms with Crippen LogP contribution >= 0.6 is 0 Å². The van der Waals surface area contributed by atoms with Crippen LogP contribution in [0.5, 0.6) is 17.2 Å². The molecular weight excluding hydrogens is 474 g/mol. The summed E-state index contributed by atoms with van der Waals surface area (Å²) in [7, 11) is -0.815. The largest absolute Gasteiger partial charge is 0.497 e. The zero-order valence-electron chi connectivity index (χ0n) is 20.3. The summed E-state index contributed by atoms with van der Waals surface area (Å²) in [4.78, 5) is 27.4. The molecule has 2 aromatic carbocycles. The summed E-state index contributed by atoms with van der Waals surface area (Å²) in [6.45, 7) is 3.45. The van der Waals surface area contributed by atoms with E-state index in [0.717, 1.165) is 9.87 Å². The van der Waals surface area contributed by atoms with E-state index in [4.69, 9.17) is 14.2 Å². The van der Waals surface area contributed by atoms with Gasteiger partial charge in [-0.05, 0) is 43.7 Å². The zero-order valence-corrected chi connectivity index (χ0v) is 21.1. The minimum absolute atomic E-state index is 0.0891. The Morgan fingerprint density at radius 2 is 1.83 bits per heavy atom. The van der Waals surface area contributed by atoms with E-state index in [1.807, 2.05) is 0 Å². The summed E-state index contributed by atoms with van der Waals surface area (Å²) in [6, 6.07) is 11.0. The van der Waals surface area contributed by atoms with Crippen molar-refractivity contribution in [2.24, 2.45) is 0 Å². The SMILES string of the molecule is CCS(=O)(=O)N(CC(=O)N(Cc1cccc(OC)c1)[C@H](C)C(=O)NC)c1ccc2c(c1)OCCO2. The highest BCUT2D eigenvalue weighted by molar-refractivity contribution is 7.92. The highest BCUT2D eigenvalue weighted by Gasteiger charge is 2.31. The van der Waals surface area contributed by atoms with Crippen molar-refractivity contribution in [3.63, 3.8) is 0 Å². The summed E-state index contributed by atoms with van der Waals surface area (Å²) in [5, 5.41) is 2.55. The summed E-state index contributed by atoms with van der Waals surface area (Å²) < 4.78 is 43.4. The van der Waals surface area contributed by atoms with Gasteiger partial charge in [0.25, 0.3) is 0 Å². The minimum Gasteiger partial charge on any atom is -0.497 e. The fraction of sp³-hybridized carbons (Fsp3) is 0.417. The molecule has 0 unspecified atom stereocenters. The molecule has 0 bridgehead atoms. The maximum atomic E-state index is 13.6. The second kappa shape index (κ2) is 11.3. The number of nitrogens with one attached hydrogen (secondary N) is 1. The van der Waals surface area contributed by atoms with E-state index in [9.17, 15) is 18.0 Å². The lowest BCUT2D eigenvalue weighted by Gasteiger charge is -2.32. The predicted molar refractivity (Wildman–Crippen MR) is 131 cm³/mol. The Morgan fingerprint density at radius 3 is 2.49 bits per heavy atom. The molecule has 1 heterocycles. The molecule has 190 valence electrons. The van der Waals surface area contributed by atoms with E-state index in [1.165, 1.54) is 26.0 Å². The molecule has 0 saturated heterocycles. The third kappa shape index (κ3) is 6.16. The monoisotopic (exact) mass is 505 g/mol. The highest BCUT2D eigenvalue weighted by atomic mass is 32.2. The molecule has 35 heavy (non-hydrogen) atoms. The van der Waals surface area contributed by atoms with Gasteiger partial charge in [-0.25, -0.2) is 8.42 Å². The fourth-order valence-corrected chi connectivity index (χ4v) is 4.72. The first-order valence-electron chi connectivity index (χ1n) is 11.2. The number of sulfonamides is 1. The van der Waals surface area contributed by atoms with E-state index >= 15 is 0 Å². The molecule has 0 radical (unpaired) electrons. The van der Waals surface area contributed by atoms with Gasteiger partial charge < -0.3 is 24.4 Å². The second-order valence-electron chi connectivity index (χ2n) is 7.90. The van der Waals surface area contributed by atoms with E-state index in [-0.39, 0.29) is 23.9 Å². The van der Waals surface area contributed by atoms with Crippen molar-refractivity contribution < 1.29 is 32.2 Å². The van der Waals surface area contributed by atoms with Crippen molar-refractivity contribution in [2.75, 3.05) is 44.0 Å². The Labute approximate surface area is 205 Å². The molecule has 0 fully saturated rings. The van der Waals surface area contributed by atoms with Crippen molar-refractivity contribution in [3.8, 4) is 17.2 Å². The van der Waals surface area contributed by atoms with Gasteiger partial charge in [0.2, 0.25) is 21.8 Å². The highest BCUT2D eigenvalue weighted by Crippen LogP contribution is 2.35. The molecule has 2 amide bonds. The molecular formula is C24H31N3O7S. The number of likely N-dealkylation sites (N-methyl/N-ethyl adjacent to an activating group) is 1. The molecule has 0 aromatic heterocycles. The van der Waals surface area contributed by atoms with Crippen molar-refractivity contribution >= 4 is 27.5 Å². The van der Waals surface area contributed by atoms with Gasteiger partial charge >= 0.3 is 0 Å². The van der Waals surface area contributed by atoms with Crippen molar-refractivity contribution in [1.29, 1.82) is 0 Å². The van der Waals surface area contributed by atoms with Crippen LogP contribution in [0.3, 0.4) is 0 Å². The second-order valence-corrected chi connectivity index (χ2v) is 10.1. The van der Waals surface area contributed by atoms with Crippen molar-refractivity contribution in [2.45, 2.75) is 26.4 Å². The van der Waals surface area contributed by atoms with Crippen LogP contribution in [0.25, 0.3) is 0 Å². The minimum atomic E-state index is -3.83. The summed E-state index contributed by atoms with van der Waals surface area (Å²) in [6.07, 6.45) is 0. The van der Waals surface area contributed by atoms with E-state index in [2.05, 4.69) is 5.32 Å². The number of fused-ring (bicyclic) bond motifs is 1. The average Bonchev–Trinajstić information content (AvgIpc) is 2.89. The van der Waals surface area contributed by atoms with Gasteiger partial charge in [-0.2, -0.15) is 0 Å². The lowest BCUT2D eigenvalue weighted by molar-refractivity contribution is -0.139. The predicted octanol–water partition coefficient (Wildman–Crippen LogP) is 1.79. The normalized spacial score (nSPS) is 13.5. The van der Waals surface area contributed by atoms with Crippen LogP contribution in [0.15, 0.2) is 42.5 Å². The maximum Gasteiger partial charge on any atom is 0.244 e. The van der Waals surface area contributed by atoms with Crippen LogP contribution in [-0.4, -0.2) is 70.8 Å². The average molecular weight is 506 g/mol. The quantitative estimate of drug-likeness (QED) is 0.524. The Balaban J connectivity index is 1.95. The van der Waals surface area contributed by atoms with Gasteiger partial charge in [0.05, 0.1) is 18.6 Å². The lowest BCUT2D eigenvalue weighted by atomic mass is 10.1. The number of amides is 2. The number of carbonyl (C=O) groups excluding carboxylic acids is 2. The molecule has 0 saturated carbocycles. The lowest BCUT2D eigenvalue weighted by Crippen LogP contribution is -2.51. The molecule has 11 heteroatoms. The van der Waals surface area contributed by atoms with Crippen LogP contribution in [0.1, 0.15) is 19.4 Å². The van der Waals surface area contributed by atoms with Gasteiger partial charge in [-0.15, -0.1) is 0 Å². The number of methoxy groups -OCH3 is 1. The van der Waals surface area contributed by atoms with Crippen molar-refractivity contribution in [3.05, 3.63) is 48.0 Å². The van der Waals surface area contributed by atoms with Crippen LogP contribution in [0.4, 0.5) is 5.69 Å². The van der Waals surface area contributed by atoms with Crippen LogP contribution in [0.2, 0.25) is 0 Å². The van der Waals surface area contributed by atoms with Crippen LogP contribution < -0.4 is 23.8 Å². The number of rotatable bonds is 10. The van der Waals surface area contributed by atoms with Gasteiger partial charge in [-0.1, -0.05) is 12.1 Å². The molecule has 1 aliphatic heterocycles. The number of hydrogen-bond donors (Lipinski definition) is 1. The van der Waals surface area contributed by atoms with Gasteiger partial charge in [-0.3, -0.25) is 13.9 Å².